The van der Waals surface area contributed by atoms with Crippen molar-refractivity contribution in [3.8, 4) is 0 Å². The first kappa shape index (κ1) is 16.4. The van der Waals surface area contributed by atoms with Crippen molar-refractivity contribution >= 4 is 43.5 Å². The Hall–Kier alpha value is -0.630. The molecule has 0 aromatic heterocycles. The Morgan fingerprint density at radius 2 is 1.89 bits per heavy atom. The van der Waals surface area contributed by atoms with Crippen LogP contribution >= 0.6 is 27.5 Å². The Morgan fingerprint density at radius 1 is 1.37 bits per heavy atom. The summed E-state index contributed by atoms with van der Waals surface area (Å²) in [6.07, 6.45) is 0. The van der Waals surface area contributed by atoms with Crippen LogP contribution in [0.2, 0.25) is 5.02 Å². The number of carbonyl (C=O) groups excluding carboxylic acids is 1. The van der Waals surface area contributed by atoms with E-state index in [0.717, 1.165) is 0 Å². The van der Waals surface area contributed by atoms with Crippen molar-refractivity contribution < 1.29 is 13.2 Å². The molecule has 0 aliphatic rings. The molecule has 0 fully saturated rings. The molecule has 0 atom stereocenters. The van der Waals surface area contributed by atoms with E-state index in [1.54, 1.807) is 4.90 Å². The molecule has 1 amide bonds. The van der Waals surface area contributed by atoms with Gasteiger partial charge in [-0.2, -0.15) is 0 Å². The first-order valence-corrected chi connectivity index (χ1v) is 8.25. The molecule has 0 heterocycles. The molecule has 19 heavy (non-hydrogen) atoms. The van der Waals surface area contributed by atoms with E-state index >= 15 is 0 Å². The van der Waals surface area contributed by atoms with Gasteiger partial charge in [0.25, 0.3) is 5.91 Å². The summed E-state index contributed by atoms with van der Waals surface area (Å²) in [5.41, 5.74) is 0.123. The Balaban J connectivity index is 3.41. The minimum atomic E-state index is -3.92. The Kier molecular flexibility index (Phi) is 5.37. The van der Waals surface area contributed by atoms with Gasteiger partial charge < -0.3 is 4.90 Å². The monoisotopic (exact) mass is 368 g/mol. The van der Waals surface area contributed by atoms with Crippen LogP contribution in [0, 0.1) is 0 Å². The average molecular weight is 370 g/mol. The topological polar surface area (TPSA) is 80.5 Å². The summed E-state index contributed by atoms with van der Waals surface area (Å²) in [6, 6.07) is 2.56. The molecule has 1 rings (SSSR count). The van der Waals surface area contributed by atoms with Gasteiger partial charge in [-0.3, -0.25) is 4.79 Å². The lowest BCUT2D eigenvalue weighted by atomic mass is 10.2. The van der Waals surface area contributed by atoms with E-state index in [0.29, 0.717) is 13.1 Å². The van der Waals surface area contributed by atoms with Gasteiger partial charge in [0.15, 0.2) is 0 Å². The molecule has 0 spiro atoms. The van der Waals surface area contributed by atoms with Crippen molar-refractivity contribution in [2.24, 2.45) is 5.14 Å². The highest BCUT2D eigenvalue weighted by Gasteiger charge is 2.21. The summed E-state index contributed by atoms with van der Waals surface area (Å²) in [5, 5.41) is 5.27. The molecule has 0 unspecified atom stereocenters. The zero-order chi connectivity index (χ0) is 14.8. The number of hydrogen-bond donors (Lipinski definition) is 1. The van der Waals surface area contributed by atoms with Crippen molar-refractivity contribution in [1.29, 1.82) is 0 Å². The second-order valence-electron chi connectivity index (χ2n) is 3.78. The van der Waals surface area contributed by atoms with Crippen molar-refractivity contribution in [3.05, 3.63) is 27.2 Å². The highest BCUT2D eigenvalue weighted by molar-refractivity contribution is 9.10. The molecule has 1 aromatic rings. The average Bonchev–Trinajstić information content (AvgIpc) is 2.28. The number of carbonyl (C=O) groups is 1. The lowest BCUT2D eigenvalue weighted by Crippen LogP contribution is -2.31. The van der Waals surface area contributed by atoms with Crippen molar-refractivity contribution in [1.82, 2.24) is 4.90 Å². The number of nitrogens with two attached hydrogens (primary N) is 1. The van der Waals surface area contributed by atoms with Crippen LogP contribution in [0.25, 0.3) is 0 Å². The van der Waals surface area contributed by atoms with Crippen LogP contribution in [-0.2, 0) is 10.0 Å². The fourth-order valence-corrected chi connectivity index (χ4v) is 3.60. The number of rotatable bonds is 4. The zero-order valence-corrected chi connectivity index (χ0v) is 13.6. The van der Waals surface area contributed by atoms with Crippen molar-refractivity contribution in [2.75, 3.05) is 13.1 Å². The molecule has 8 heteroatoms. The van der Waals surface area contributed by atoms with Gasteiger partial charge in [0.2, 0.25) is 10.0 Å². The number of hydrogen-bond acceptors (Lipinski definition) is 3. The maximum Gasteiger partial charge on any atom is 0.255 e. The van der Waals surface area contributed by atoms with Crippen LogP contribution in [0.3, 0.4) is 0 Å². The second kappa shape index (κ2) is 6.21. The molecule has 0 aliphatic carbocycles. The lowest BCUT2D eigenvalue weighted by molar-refractivity contribution is 0.0773. The van der Waals surface area contributed by atoms with Crippen molar-refractivity contribution in [2.45, 2.75) is 18.7 Å². The van der Waals surface area contributed by atoms with Crippen molar-refractivity contribution in [3.63, 3.8) is 0 Å². The van der Waals surface area contributed by atoms with Gasteiger partial charge >= 0.3 is 0 Å². The molecule has 2 N–H and O–H groups in total. The predicted octanol–water partition coefficient (Wildman–Crippen LogP) is 2.23. The third-order valence-corrected chi connectivity index (χ3v) is 4.79. The van der Waals surface area contributed by atoms with Gasteiger partial charge in [-0.15, -0.1) is 0 Å². The van der Waals surface area contributed by atoms with Crippen LogP contribution in [0.15, 0.2) is 21.5 Å². The maximum atomic E-state index is 12.2. The summed E-state index contributed by atoms with van der Waals surface area (Å²) in [6.45, 7) is 4.67. The number of benzene rings is 1. The van der Waals surface area contributed by atoms with Gasteiger partial charge in [0.05, 0.1) is 15.5 Å². The van der Waals surface area contributed by atoms with Crippen LogP contribution < -0.4 is 5.14 Å². The summed E-state index contributed by atoms with van der Waals surface area (Å²) in [5.74, 6) is -0.326. The summed E-state index contributed by atoms with van der Waals surface area (Å²) in [7, 11) is -3.92. The maximum absolute atomic E-state index is 12.2. The predicted molar refractivity (Wildman–Crippen MR) is 77.8 cm³/mol. The third kappa shape index (κ3) is 3.68. The molecule has 0 saturated carbocycles. The fourth-order valence-electron chi connectivity index (χ4n) is 1.59. The molecule has 0 bridgehead atoms. The first-order valence-electron chi connectivity index (χ1n) is 5.53. The molecular formula is C11H14BrClN2O3S. The first-order chi connectivity index (χ1) is 8.72. The quantitative estimate of drug-likeness (QED) is 0.883. The highest BCUT2D eigenvalue weighted by Crippen LogP contribution is 2.29. The summed E-state index contributed by atoms with van der Waals surface area (Å²) in [4.78, 5) is 13.6. The second-order valence-corrected chi connectivity index (χ2v) is 6.58. The molecule has 106 valence electrons. The van der Waals surface area contributed by atoms with Crippen LogP contribution in [0.1, 0.15) is 24.2 Å². The van der Waals surface area contributed by atoms with E-state index in [9.17, 15) is 13.2 Å². The molecule has 0 aliphatic heterocycles. The third-order valence-electron chi connectivity index (χ3n) is 2.61. The van der Waals surface area contributed by atoms with Crippen LogP contribution in [-0.4, -0.2) is 32.3 Å². The molecule has 1 aromatic carbocycles. The van der Waals surface area contributed by atoms with Gasteiger partial charge in [-0.25, -0.2) is 13.6 Å². The highest BCUT2D eigenvalue weighted by atomic mass is 79.9. The Morgan fingerprint density at radius 3 is 2.32 bits per heavy atom. The van der Waals surface area contributed by atoms with E-state index in [-0.39, 0.29) is 25.9 Å². The molecule has 5 nitrogen and oxygen atoms in total. The SMILES string of the molecule is CCN(CC)C(=O)c1cc(S(N)(=O)=O)c(Br)cc1Cl. The number of primary sulfonamides is 1. The van der Waals surface area contributed by atoms with Gasteiger partial charge in [-0.1, -0.05) is 11.6 Å². The largest absolute Gasteiger partial charge is 0.339 e. The molecular weight excluding hydrogens is 356 g/mol. The number of nitrogens with zero attached hydrogens (tertiary/aromatic N) is 1. The van der Waals surface area contributed by atoms with E-state index in [2.05, 4.69) is 15.9 Å². The molecule has 0 radical (unpaired) electrons. The van der Waals surface area contributed by atoms with E-state index in [1.165, 1.54) is 12.1 Å². The Labute approximate surface area is 125 Å². The standard InChI is InChI=1S/C11H14BrClN2O3S/c1-3-15(4-2)11(16)7-5-10(19(14,17)18)8(12)6-9(7)13/h5-6H,3-4H2,1-2H3,(H2,14,17,18). The number of halogens is 2. The molecule has 0 saturated heterocycles. The summed E-state index contributed by atoms with van der Waals surface area (Å²) < 4.78 is 23.1. The van der Waals surface area contributed by atoms with E-state index < -0.39 is 10.0 Å². The van der Waals surface area contributed by atoms with Gasteiger partial charge in [0.1, 0.15) is 0 Å². The van der Waals surface area contributed by atoms with Crippen LogP contribution in [0.4, 0.5) is 0 Å². The smallest absolute Gasteiger partial charge is 0.255 e. The summed E-state index contributed by atoms with van der Waals surface area (Å²) >= 11 is 9.06. The fraction of sp³-hybridized carbons (Fsp3) is 0.364. The van der Waals surface area contributed by atoms with Crippen LogP contribution in [0.5, 0.6) is 0 Å². The lowest BCUT2D eigenvalue weighted by Gasteiger charge is -2.19. The zero-order valence-electron chi connectivity index (χ0n) is 10.5. The minimum absolute atomic E-state index is 0.123. The van der Waals surface area contributed by atoms with E-state index in [1.807, 2.05) is 13.8 Å². The Bertz CT molecular complexity index is 600. The number of sulfonamides is 1. The number of amides is 1. The normalized spacial score (nSPS) is 11.4. The van der Waals surface area contributed by atoms with Gasteiger partial charge in [-0.05, 0) is 41.9 Å². The minimum Gasteiger partial charge on any atom is -0.339 e. The van der Waals surface area contributed by atoms with Gasteiger partial charge in [0, 0.05) is 17.6 Å². The van der Waals surface area contributed by atoms with E-state index in [4.69, 9.17) is 16.7 Å².